The van der Waals surface area contributed by atoms with E-state index < -0.39 is 0 Å². The minimum absolute atomic E-state index is 0.0168. The molecule has 2 N–H and O–H groups in total. The Morgan fingerprint density at radius 3 is 2.70 bits per heavy atom. The van der Waals surface area contributed by atoms with Gasteiger partial charge in [-0.15, -0.1) is 5.10 Å². The quantitative estimate of drug-likeness (QED) is 0.849. The van der Waals surface area contributed by atoms with E-state index in [0.29, 0.717) is 0 Å². The fourth-order valence-electron chi connectivity index (χ4n) is 2.07. The van der Waals surface area contributed by atoms with Crippen molar-refractivity contribution in [2.75, 3.05) is 0 Å². The molecule has 0 aliphatic rings. The van der Waals surface area contributed by atoms with Crippen molar-refractivity contribution in [2.24, 2.45) is 0 Å². The third-order valence-corrected chi connectivity index (χ3v) is 3.14. The second kappa shape index (κ2) is 6.84. The fraction of sp³-hybridized carbons (Fsp3) is 0.400. The van der Waals surface area contributed by atoms with Crippen LogP contribution in [0, 0.1) is 0 Å². The van der Waals surface area contributed by atoms with Crippen LogP contribution in [0.5, 0.6) is 0 Å². The molecule has 0 radical (unpaired) electrons. The maximum Gasteiger partial charge on any atom is 0.291 e. The summed E-state index contributed by atoms with van der Waals surface area (Å²) in [5.74, 6) is 0.729. The number of aromatic amines is 1. The van der Waals surface area contributed by atoms with Crippen molar-refractivity contribution in [2.45, 2.75) is 39.2 Å². The predicted molar refractivity (Wildman–Crippen MR) is 77.3 cm³/mol. The van der Waals surface area contributed by atoms with E-state index in [1.165, 1.54) is 0 Å². The summed E-state index contributed by atoms with van der Waals surface area (Å²) in [6.07, 6.45) is 2.59. The molecule has 1 aromatic carbocycles. The van der Waals surface area contributed by atoms with Crippen molar-refractivity contribution in [3.63, 3.8) is 0 Å². The lowest BCUT2D eigenvalue weighted by molar-refractivity contribution is 0.0925. The molecule has 5 nitrogen and oxygen atoms in total. The van der Waals surface area contributed by atoms with Gasteiger partial charge in [-0.2, -0.15) is 0 Å². The van der Waals surface area contributed by atoms with Crippen LogP contribution in [0.4, 0.5) is 0 Å². The number of carbonyl (C=O) groups excluding carboxylic acids is 1. The van der Waals surface area contributed by atoms with Crippen molar-refractivity contribution >= 4 is 5.91 Å². The Labute approximate surface area is 118 Å². The van der Waals surface area contributed by atoms with Crippen LogP contribution in [0.1, 0.15) is 54.7 Å². The number of carbonyl (C=O) groups is 1. The average molecular weight is 272 g/mol. The normalized spacial score (nSPS) is 12.1. The second-order valence-electron chi connectivity index (χ2n) is 4.70. The highest BCUT2D eigenvalue weighted by atomic mass is 16.2. The fourth-order valence-corrected chi connectivity index (χ4v) is 2.07. The van der Waals surface area contributed by atoms with Gasteiger partial charge in [0.1, 0.15) is 5.82 Å². The predicted octanol–water partition coefficient (Wildman–Crippen LogP) is 2.64. The summed E-state index contributed by atoms with van der Waals surface area (Å²) in [5.41, 5.74) is 1.09. The molecule has 1 aromatic heterocycles. The molecule has 0 saturated carbocycles. The van der Waals surface area contributed by atoms with E-state index in [1.807, 2.05) is 37.3 Å². The number of hydrogen-bond acceptors (Lipinski definition) is 3. The van der Waals surface area contributed by atoms with Crippen LogP contribution in [0.25, 0.3) is 0 Å². The summed E-state index contributed by atoms with van der Waals surface area (Å²) in [6, 6.07) is 9.90. The van der Waals surface area contributed by atoms with E-state index in [0.717, 1.165) is 30.7 Å². The lowest BCUT2D eigenvalue weighted by Crippen LogP contribution is -2.29. The molecular weight excluding hydrogens is 252 g/mol. The molecule has 1 atom stereocenters. The molecule has 2 aromatic rings. The second-order valence-corrected chi connectivity index (χ2v) is 4.70. The van der Waals surface area contributed by atoms with Gasteiger partial charge in [-0.1, -0.05) is 44.2 Å². The van der Waals surface area contributed by atoms with Gasteiger partial charge in [0, 0.05) is 6.42 Å². The number of aromatic nitrogens is 3. The van der Waals surface area contributed by atoms with Crippen molar-refractivity contribution in [3.8, 4) is 0 Å². The van der Waals surface area contributed by atoms with E-state index in [2.05, 4.69) is 27.4 Å². The first-order valence-corrected chi connectivity index (χ1v) is 7.01. The zero-order valence-electron chi connectivity index (χ0n) is 11.9. The van der Waals surface area contributed by atoms with Crippen LogP contribution in [0.15, 0.2) is 30.3 Å². The molecule has 1 heterocycles. The number of aryl methyl sites for hydroxylation is 1. The number of benzene rings is 1. The minimum atomic E-state index is -0.237. The van der Waals surface area contributed by atoms with E-state index >= 15 is 0 Å². The summed E-state index contributed by atoms with van der Waals surface area (Å²) in [6.45, 7) is 4.10. The monoisotopic (exact) mass is 272 g/mol. The third-order valence-electron chi connectivity index (χ3n) is 3.14. The number of rotatable bonds is 6. The maximum absolute atomic E-state index is 12.1. The zero-order chi connectivity index (χ0) is 14.4. The first-order chi connectivity index (χ1) is 9.74. The van der Waals surface area contributed by atoms with Crippen molar-refractivity contribution in [3.05, 3.63) is 47.5 Å². The average Bonchev–Trinajstić information content (AvgIpc) is 2.94. The summed E-state index contributed by atoms with van der Waals surface area (Å²) in [5, 5.41) is 9.74. The van der Waals surface area contributed by atoms with Crippen molar-refractivity contribution in [1.29, 1.82) is 0 Å². The highest BCUT2D eigenvalue weighted by Crippen LogP contribution is 2.16. The largest absolute Gasteiger partial charge is 0.342 e. The smallest absolute Gasteiger partial charge is 0.291 e. The standard InChI is InChI=1S/C15H20N4O/c1-3-8-13-17-14(19-18-13)15(20)16-12(4-2)11-9-6-5-7-10-11/h5-7,9-10,12H,3-4,8H2,1-2H3,(H,16,20)(H,17,18,19). The molecule has 20 heavy (non-hydrogen) atoms. The van der Waals surface area contributed by atoms with Gasteiger partial charge < -0.3 is 5.32 Å². The van der Waals surface area contributed by atoms with Crippen molar-refractivity contribution in [1.82, 2.24) is 20.5 Å². The number of nitrogens with zero attached hydrogens (tertiary/aromatic N) is 2. The minimum Gasteiger partial charge on any atom is -0.342 e. The topological polar surface area (TPSA) is 70.7 Å². The molecule has 0 aliphatic heterocycles. The number of nitrogens with one attached hydrogen (secondary N) is 2. The lowest BCUT2D eigenvalue weighted by atomic mass is 10.0. The Hall–Kier alpha value is -2.17. The Kier molecular flexibility index (Phi) is 4.87. The zero-order valence-corrected chi connectivity index (χ0v) is 11.9. The Bertz CT molecular complexity index is 550. The van der Waals surface area contributed by atoms with Crippen LogP contribution in [-0.2, 0) is 6.42 Å². The first kappa shape index (κ1) is 14.2. The van der Waals surface area contributed by atoms with Gasteiger partial charge in [-0.25, -0.2) is 4.98 Å². The Morgan fingerprint density at radius 1 is 1.30 bits per heavy atom. The molecule has 1 unspecified atom stereocenters. The van der Waals surface area contributed by atoms with Crippen molar-refractivity contribution < 1.29 is 4.79 Å². The van der Waals surface area contributed by atoms with Gasteiger partial charge in [0.25, 0.3) is 5.91 Å². The van der Waals surface area contributed by atoms with E-state index in [-0.39, 0.29) is 17.8 Å². The first-order valence-electron chi connectivity index (χ1n) is 7.01. The van der Waals surface area contributed by atoms with Gasteiger partial charge in [0.15, 0.2) is 0 Å². The summed E-state index contributed by atoms with van der Waals surface area (Å²) < 4.78 is 0. The molecule has 106 valence electrons. The van der Waals surface area contributed by atoms with Gasteiger partial charge in [0.05, 0.1) is 6.04 Å². The molecule has 0 saturated heterocycles. The molecule has 0 spiro atoms. The van der Waals surface area contributed by atoms with Crippen LogP contribution in [-0.4, -0.2) is 21.1 Å². The summed E-state index contributed by atoms with van der Waals surface area (Å²) >= 11 is 0. The Morgan fingerprint density at radius 2 is 2.05 bits per heavy atom. The van der Waals surface area contributed by atoms with E-state index in [9.17, 15) is 4.79 Å². The summed E-state index contributed by atoms with van der Waals surface area (Å²) in [7, 11) is 0. The van der Waals surface area contributed by atoms with Crippen LogP contribution < -0.4 is 5.32 Å². The van der Waals surface area contributed by atoms with Crippen LogP contribution in [0.2, 0.25) is 0 Å². The van der Waals surface area contributed by atoms with Crippen LogP contribution >= 0.6 is 0 Å². The van der Waals surface area contributed by atoms with Gasteiger partial charge in [0.2, 0.25) is 5.82 Å². The Balaban J connectivity index is 2.05. The SMILES string of the molecule is CCCc1nc(C(=O)NC(CC)c2ccccc2)n[nH]1. The van der Waals surface area contributed by atoms with Gasteiger partial charge in [-0.3, -0.25) is 9.89 Å². The van der Waals surface area contributed by atoms with Gasteiger partial charge >= 0.3 is 0 Å². The molecule has 0 fully saturated rings. The third kappa shape index (κ3) is 3.44. The molecule has 5 heteroatoms. The maximum atomic E-state index is 12.1. The molecule has 2 rings (SSSR count). The van der Waals surface area contributed by atoms with E-state index in [4.69, 9.17) is 0 Å². The highest BCUT2D eigenvalue weighted by molar-refractivity contribution is 5.90. The number of hydrogen-bond donors (Lipinski definition) is 2. The lowest BCUT2D eigenvalue weighted by Gasteiger charge is -2.16. The number of amides is 1. The molecule has 1 amide bonds. The molecular formula is C15H20N4O. The number of H-pyrrole nitrogens is 1. The molecule has 0 bridgehead atoms. The van der Waals surface area contributed by atoms with Gasteiger partial charge in [-0.05, 0) is 18.4 Å². The highest BCUT2D eigenvalue weighted by Gasteiger charge is 2.17. The van der Waals surface area contributed by atoms with Crippen LogP contribution in [0.3, 0.4) is 0 Å². The van der Waals surface area contributed by atoms with E-state index in [1.54, 1.807) is 0 Å². The molecule has 0 aliphatic carbocycles. The summed E-state index contributed by atoms with van der Waals surface area (Å²) in [4.78, 5) is 16.4.